The summed E-state index contributed by atoms with van der Waals surface area (Å²) < 4.78 is 10.4. The second-order valence-corrected chi connectivity index (χ2v) is 4.07. The zero-order valence-electron chi connectivity index (χ0n) is 8.99. The van der Waals surface area contributed by atoms with Gasteiger partial charge in [0.1, 0.15) is 5.76 Å². The molecule has 1 aromatic rings. The second kappa shape index (κ2) is 4.62. The number of ether oxygens (including phenoxy) is 1. The molecule has 1 aliphatic rings. The molecule has 3 nitrogen and oxygen atoms in total. The summed E-state index contributed by atoms with van der Waals surface area (Å²) in [7, 11) is 0. The summed E-state index contributed by atoms with van der Waals surface area (Å²) in [6.45, 7) is 3.42. The fourth-order valence-corrected chi connectivity index (χ4v) is 2.00. The molecule has 0 unspecified atom stereocenters. The highest BCUT2D eigenvalue weighted by Gasteiger charge is 2.20. The Morgan fingerprint density at radius 3 is 2.80 bits per heavy atom. The van der Waals surface area contributed by atoms with Crippen molar-refractivity contribution in [3.05, 3.63) is 23.7 Å². The highest BCUT2D eigenvalue weighted by Crippen LogP contribution is 2.22. The molecule has 0 aromatic carbocycles. The van der Waals surface area contributed by atoms with Crippen LogP contribution in [0.4, 0.5) is 0 Å². The maximum Gasteiger partial charge on any atom is 0.166 e. The molecule has 2 rings (SSSR count). The summed E-state index contributed by atoms with van der Waals surface area (Å²) in [5.41, 5.74) is 0.737. The maximum absolute atomic E-state index is 11.9. The van der Waals surface area contributed by atoms with Crippen LogP contribution < -0.4 is 0 Å². The third-order valence-corrected chi connectivity index (χ3v) is 2.97. The normalized spacial score (nSPS) is 17.9. The number of carbonyl (C=O) groups is 1. The Balaban J connectivity index is 1.94. The van der Waals surface area contributed by atoms with Crippen molar-refractivity contribution in [2.75, 3.05) is 13.2 Å². The molecule has 0 spiro atoms. The minimum atomic E-state index is 0.202. The Morgan fingerprint density at radius 1 is 1.47 bits per heavy atom. The molecule has 0 radical (unpaired) electrons. The van der Waals surface area contributed by atoms with E-state index in [1.165, 1.54) is 0 Å². The van der Waals surface area contributed by atoms with Crippen molar-refractivity contribution < 1.29 is 13.9 Å². The van der Waals surface area contributed by atoms with Crippen molar-refractivity contribution in [1.82, 2.24) is 0 Å². The average molecular weight is 208 g/mol. The molecule has 0 saturated carbocycles. The minimum Gasteiger partial charge on any atom is -0.469 e. The van der Waals surface area contributed by atoms with Gasteiger partial charge in [0, 0.05) is 19.6 Å². The number of rotatable bonds is 3. The summed E-state index contributed by atoms with van der Waals surface area (Å²) in [5.74, 6) is 1.42. The quantitative estimate of drug-likeness (QED) is 0.717. The predicted octanol–water partition coefficient (Wildman–Crippen LogP) is 2.59. The smallest absolute Gasteiger partial charge is 0.166 e. The van der Waals surface area contributed by atoms with Crippen molar-refractivity contribution in [3.8, 4) is 0 Å². The first-order valence-corrected chi connectivity index (χ1v) is 5.42. The first-order chi connectivity index (χ1) is 7.27. The van der Waals surface area contributed by atoms with Crippen molar-refractivity contribution in [2.45, 2.75) is 26.2 Å². The van der Waals surface area contributed by atoms with Gasteiger partial charge in [-0.1, -0.05) is 0 Å². The Morgan fingerprint density at radius 2 is 2.20 bits per heavy atom. The van der Waals surface area contributed by atoms with Crippen molar-refractivity contribution in [2.24, 2.45) is 5.92 Å². The fourth-order valence-electron chi connectivity index (χ4n) is 2.00. The van der Waals surface area contributed by atoms with Gasteiger partial charge in [0.15, 0.2) is 5.78 Å². The lowest BCUT2D eigenvalue weighted by Gasteiger charge is -2.20. The Labute approximate surface area is 89.4 Å². The lowest BCUT2D eigenvalue weighted by Crippen LogP contribution is -2.18. The summed E-state index contributed by atoms with van der Waals surface area (Å²) >= 11 is 0. The van der Waals surface area contributed by atoms with E-state index in [0.29, 0.717) is 12.3 Å². The van der Waals surface area contributed by atoms with Crippen LogP contribution in [0.15, 0.2) is 16.7 Å². The molecule has 82 valence electrons. The molecule has 0 N–H and O–H groups in total. The molecule has 0 atom stereocenters. The van der Waals surface area contributed by atoms with Gasteiger partial charge >= 0.3 is 0 Å². The number of carbonyl (C=O) groups excluding carboxylic acids is 1. The highest BCUT2D eigenvalue weighted by molar-refractivity contribution is 5.97. The van der Waals surface area contributed by atoms with Crippen molar-refractivity contribution >= 4 is 5.78 Å². The van der Waals surface area contributed by atoms with Gasteiger partial charge < -0.3 is 9.15 Å². The van der Waals surface area contributed by atoms with Gasteiger partial charge in [-0.25, -0.2) is 0 Å². The van der Waals surface area contributed by atoms with Crippen LogP contribution >= 0.6 is 0 Å². The van der Waals surface area contributed by atoms with E-state index in [0.717, 1.165) is 37.4 Å². The van der Waals surface area contributed by atoms with Crippen LogP contribution in [0.2, 0.25) is 0 Å². The topological polar surface area (TPSA) is 39.4 Å². The van der Waals surface area contributed by atoms with Crippen LogP contribution in [0.5, 0.6) is 0 Å². The lowest BCUT2D eigenvalue weighted by molar-refractivity contribution is 0.0600. The van der Waals surface area contributed by atoms with Crippen molar-refractivity contribution in [3.63, 3.8) is 0 Å². The van der Waals surface area contributed by atoms with E-state index in [2.05, 4.69) is 0 Å². The van der Waals surface area contributed by atoms with E-state index in [1.54, 1.807) is 12.3 Å². The molecule has 0 amide bonds. The molecular weight excluding hydrogens is 192 g/mol. The molecule has 2 heterocycles. The Hall–Kier alpha value is -1.09. The first-order valence-electron chi connectivity index (χ1n) is 5.42. The van der Waals surface area contributed by atoms with Gasteiger partial charge in [0.25, 0.3) is 0 Å². The van der Waals surface area contributed by atoms with E-state index >= 15 is 0 Å². The fraction of sp³-hybridized carbons (Fsp3) is 0.583. The van der Waals surface area contributed by atoms with Crippen molar-refractivity contribution in [1.29, 1.82) is 0 Å². The van der Waals surface area contributed by atoms with Gasteiger partial charge in [-0.3, -0.25) is 4.79 Å². The van der Waals surface area contributed by atoms with Gasteiger partial charge in [0.2, 0.25) is 0 Å². The van der Waals surface area contributed by atoms with Gasteiger partial charge in [-0.05, 0) is 31.7 Å². The number of hydrogen-bond acceptors (Lipinski definition) is 3. The monoisotopic (exact) mass is 208 g/mol. The minimum absolute atomic E-state index is 0.202. The average Bonchev–Trinajstić information content (AvgIpc) is 2.66. The molecule has 1 saturated heterocycles. The zero-order valence-corrected chi connectivity index (χ0v) is 8.99. The number of aryl methyl sites for hydroxylation is 1. The molecule has 1 fully saturated rings. The summed E-state index contributed by atoms with van der Waals surface area (Å²) in [6, 6.07) is 1.76. The van der Waals surface area contributed by atoms with E-state index < -0.39 is 0 Å². The third kappa shape index (κ3) is 2.48. The Bertz CT molecular complexity index is 334. The first kappa shape index (κ1) is 10.4. The summed E-state index contributed by atoms with van der Waals surface area (Å²) in [6.07, 6.45) is 4.21. The van der Waals surface area contributed by atoms with Crippen LogP contribution in [0.25, 0.3) is 0 Å². The number of Topliss-reactive ketones (excluding diaryl/α,β-unsaturated/α-hetero) is 1. The third-order valence-electron chi connectivity index (χ3n) is 2.97. The van der Waals surface area contributed by atoms with Gasteiger partial charge in [-0.15, -0.1) is 0 Å². The summed E-state index contributed by atoms with van der Waals surface area (Å²) in [5, 5.41) is 0. The predicted molar refractivity (Wildman–Crippen MR) is 55.9 cm³/mol. The molecule has 3 heteroatoms. The van der Waals surface area contributed by atoms with Crippen LogP contribution in [0.1, 0.15) is 35.4 Å². The standard InChI is InChI=1S/C12H16O3/c1-9-11(4-7-15-9)12(13)8-10-2-5-14-6-3-10/h4,7,10H,2-3,5-6,8H2,1H3. The summed E-state index contributed by atoms with van der Waals surface area (Å²) in [4.78, 5) is 11.9. The second-order valence-electron chi connectivity index (χ2n) is 4.07. The van der Waals surface area contributed by atoms with E-state index in [4.69, 9.17) is 9.15 Å². The SMILES string of the molecule is Cc1occc1C(=O)CC1CCOCC1. The number of furan rings is 1. The van der Waals surface area contributed by atoms with Crippen LogP contribution in [0.3, 0.4) is 0 Å². The molecule has 15 heavy (non-hydrogen) atoms. The molecule has 1 aliphatic heterocycles. The largest absolute Gasteiger partial charge is 0.469 e. The maximum atomic E-state index is 11.9. The van der Waals surface area contributed by atoms with Crippen LogP contribution in [0, 0.1) is 12.8 Å². The molecule has 0 bridgehead atoms. The molecular formula is C12H16O3. The van der Waals surface area contributed by atoms with E-state index in [9.17, 15) is 4.79 Å². The van der Waals surface area contributed by atoms with Gasteiger partial charge in [0.05, 0.1) is 11.8 Å². The van der Waals surface area contributed by atoms with E-state index in [-0.39, 0.29) is 5.78 Å². The Kier molecular flexibility index (Phi) is 3.21. The van der Waals surface area contributed by atoms with Crippen LogP contribution in [-0.4, -0.2) is 19.0 Å². The molecule has 0 aliphatic carbocycles. The van der Waals surface area contributed by atoms with Gasteiger partial charge in [-0.2, -0.15) is 0 Å². The number of ketones is 1. The van der Waals surface area contributed by atoms with E-state index in [1.807, 2.05) is 6.92 Å². The highest BCUT2D eigenvalue weighted by atomic mass is 16.5. The van der Waals surface area contributed by atoms with Crippen LogP contribution in [-0.2, 0) is 4.74 Å². The lowest BCUT2D eigenvalue weighted by atomic mass is 9.92. The zero-order chi connectivity index (χ0) is 10.7. The molecule has 1 aromatic heterocycles. The number of hydrogen-bond donors (Lipinski definition) is 0.